The largest absolute Gasteiger partial charge is 0.489 e. The number of hydrogen-bond acceptors (Lipinski definition) is 6. The molecule has 0 saturated heterocycles. The summed E-state index contributed by atoms with van der Waals surface area (Å²) in [6.07, 6.45) is 2.61. The molecule has 11 heteroatoms. The van der Waals surface area contributed by atoms with E-state index in [1.165, 1.54) is 32.4 Å². The first-order valence-corrected chi connectivity index (χ1v) is 10.3. The number of nitrogens with one attached hydrogen (secondary N) is 3. The van der Waals surface area contributed by atoms with Crippen LogP contribution in [0.5, 0.6) is 5.75 Å². The number of rotatable bonds is 9. The fraction of sp³-hybridized carbons (Fsp3) is 0.333. The van der Waals surface area contributed by atoms with E-state index < -0.39 is 28.0 Å². The van der Waals surface area contributed by atoms with Crippen molar-refractivity contribution in [3.05, 3.63) is 48.5 Å². The number of nitrogens with zero attached hydrogens (tertiary/aromatic N) is 2. The molecule has 0 spiro atoms. The van der Waals surface area contributed by atoms with Crippen LogP contribution in [0.2, 0.25) is 0 Å². The fourth-order valence-corrected chi connectivity index (χ4v) is 2.86. The highest BCUT2D eigenvalue weighted by Gasteiger charge is 2.14. The second kappa shape index (κ2) is 10.1. The van der Waals surface area contributed by atoms with E-state index in [9.17, 15) is 17.6 Å². The number of ether oxygens (including phenoxy) is 1. The third kappa shape index (κ3) is 7.64. The Bertz CT molecular complexity index is 925. The minimum atomic E-state index is -3.37. The van der Waals surface area contributed by atoms with Gasteiger partial charge in [-0.05, 0) is 25.1 Å². The number of anilines is 2. The van der Waals surface area contributed by atoms with E-state index in [0.29, 0.717) is 5.69 Å². The monoisotopic (exact) mass is 425 g/mol. The van der Waals surface area contributed by atoms with E-state index in [2.05, 4.69) is 20.9 Å². The quantitative estimate of drug-likeness (QED) is 0.567. The van der Waals surface area contributed by atoms with Gasteiger partial charge in [-0.3, -0.25) is 10.3 Å². The third-order valence-corrected chi connectivity index (χ3v) is 5.34. The molecule has 158 valence electrons. The van der Waals surface area contributed by atoms with Crippen LogP contribution in [0.1, 0.15) is 6.92 Å². The molecule has 0 aliphatic rings. The number of urea groups is 1. The molecular weight excluding hydrogens is 401 g/mol. The maximum atomic E-state index is 13.9. The molecule has 0 fully saturated rings. The van der Waals surface area contributed by atoms with Gasteiger partial charge in [0.05, 0.1) is 11.9 Å². The SMILES string of the molecule is C[C@H](CNCS(=O)(=O)N(C)C)Oc1cc(F)cc(NC(=O)Nc2cccnc2)c1. The molecule has 2 aromatic rings. The maximum Gasteiger partial charge on any atom is 0.323 e. The second-order valence-corrected chi connectivity index (χ2v) is 8.60. The van der Waals surface area contributed by atoms with E-state index >= 15 is 0 Å². The molecule has 1 heterocycles. The van der Waals surface area contributed by atoms with E-state index in [1.54, 1.807) is 25.3 Å². The summed E-state index contributed by atoms with van der Waals surface area (Å²) in [6, 6.07) is 6.58. The van der Waals surface area contributed by atoms with Gasteiger partial charge in [-0.1, -0.05) is 0 Å². The van der Waals surface area contributed by atoms with Gasteiger partial charge in [0.15, 0.2) is 0 Å². The van der Waals surface area contributed by atoms with Crippen LogP contribution in [0.15, 0.2) is 42.7 Å². The van der Waals surface area contributed by atoms with Crippen LogP contribution in [0.25, 0.3) is 0 Å². The molecule has 1 aromatic carbocycles. The van der Waals surface area contributed by atoms with Gasteiger partial charge in [-0.25, -0.2) is 21.9 Å². The minimum Gasteiger partial charge on any atom is -0.489 e. The van der Waals surface area contributed by atoms with E-state index in [4.69, 9.17) is 4.74 Å². The molecule has 9 nitrogen and oxygen atoms in total. The topological polar surface area (TPSA) is 113 Å². The number of pyridine rings is 1. The normalized spacial score (nSPS) is 12.4. The molecule has 0 radical (unpaired) electrons. The van der Waals surface area contributed by atoms with Gasteiger partial charge >= 0.3 is 6.03 Å². The van der Waals surface area contributed by atoms with Crippen molar-refractivity contribution in [3.63, 3.8) is 0 Å². The van der Waals surface area contributed by atoms with E-state index in [0.717, 1.165) is 10.4 Å². The first-order chi connectivity index (χ1) is 13.7. The van der Waals surface area contributed by atoms with Crippen LogP contribution < -0.4 is 20.7 Å². The lowest BCUT2D eigenvalue weighted by atomic mass is 10.3. The Balaban J connectivity index is 1.91. The van der Waals surface area contributed by atoms with Crippen molar-refractivity contribution in [3.8, 4) is 5.75 Å². The highest BCUT2D eigenvalue weighted by molar-refractivity contribution is 7.89. The van der Waals surface area contributed by atoms with Crippen LogP contribution in [-0.4, -0.2) is 56.4 Å². The first-order valence-electron chi connectivity index (χ1n) is 8.72. The van der Waals surface area contributed by atoms with Crippen molar-refractivity contribution >= 4 is 27.4 Å². The Morgan fingerprint density at radius 3 is 2.62 bits per heavy atom. The van der Waals surface area contributed by atoms with Crippen LogP contribution >= 0.6 is 0 Å². The van der Waals surface area contributed by atoms with Crippen molar-refractivity contribution in [2.75, 3.05) is 37.2 Å². The van der Waals surface area contributed by atoms with Crippen LogP contribution in [-0.2, 0) is 10.0 Å². The lowest BCUT2D eigenvalue weighted by molar-refractivity contribution is 0.219. The first kappa shape index (κ1) is 22.5. The number of amides is 2. The van der Waals surface area contributed by atoms with Crippen molar-refractivity contribution < 1.29 is 22.3 Å². The Hall–Kier alpha value is -2.76. The summed E-state index contributed by atoms with van der Waals surface area (Å²) in [5, 5.41) is 7.88. The molecule has 0 bridgehead atoms. The summed E-state index contributed by atoms with van der Waals surface area (Å²) in [5.74, 6) is -0.626. The summed E-state index contributed by atoms with van der Waals surface area (Å²) in [5.41, 5.74) is 0.696. The zero-order chi connectivity index (χ0) is 21.4. The molecule has 2 rings (SSSR count). The van der Waals surface area contributed by atoms with E-state index in [-0.39, 0.29) is 23.9 Å². The Labute approximate surface area is 169 Å². The van der Waals surface area contributed by atoms with Crippen LogP contribution in [0, 0.1) is 5.82 Å². The number of halogens is 1. The Kier molecular flexibility index (Phi) is 7.88. The predicted molar refractivity (Wildman–Crippen MR) is 109 cm³/mol. The van der Waals surface area contributed by atoms with Gasteiger partial charge in [0.25, 0.3) is 0 Å². The summed E-state index contributed by atoms with van der Waals surface area (Å²) >= 11 is 0. The summed E-state index contributed by atoms with van der Waals surface area (Å²) in [4.78, 5) is 15.9. The molecular formula is C18H24FN5O4S. The number of carbonyl (C=O) groups excluding carboxylic acids is 1. The molecule has 0 saturated carbocycles. The Morgan fingerprint density at radius 2 is 1.97 bits per heavy atom. The maximum absolute atomic E-state index is 13.9. The number of carbonyl (C=O) groups is 1. The van der Waals surface area contributed by atoms with Gasteiger partial charge in [0.1, 0.15) is 23.5 Å². The summed E-state index contributed by atoms with van der Waals surface area (Å²) < 4.78 is 44.1. The molecule has 2 amide bonds. The highest BCUT2D eigenvalue weighted by atomic mass is 32.2. The van der Waals surface area contributed by atoms with Crippen LogP contribution in [0.4, 0.5) is 20.6 Å². The standard InChI is InChI=1S/C18H24FN5O4S/c1-13(10-21-12-29(26,27)24(2)3)28-17-8-14(19)7-16(9-17)23-18(25)22-15-5-4-6-20-11-15/h4-9,11,13,21H,10,12H2,1-3H3,(H2,22,23,25)/t13-/m1/s1. The molecule has 0 aliphatic carbocycles. The minimum absolute atomic E-state index is 0.200. The average Bonchev–Trinajstić information content (AvgIpc) is 2.61. The van der Waals surface area contributed by atoms with Gasteiger partial charge in [-0.2, -0.15) is 0 Å². The predicted octanol–water partition coefficient (Wildman–Crippen LogP) is 2.07. The number of sulfonamides is 1. The zero-order valence-electron chi connectivity index (χ0n) is 16.3. The summed E-state index contributed by atoms with van der Waals surface area (Å²) in [7, 11) is -0.478. The molecule has 3 N–H and O–H groups in total. The highest BCUT2D eigenvalue weighted by Crippen LogP contribution is 2.21. The molecule has 1 atom stereocenters. The lowest BCUT2D eigenvalue weighted by Gasteiger charge is -2.18. The average molecular weight is 425 g/mol. The number of aromatic nitrogens is 1. The van der Waals surface area contributed by atoms with Crippen LogP contribution in [0.3, 0.4) is 0 Å². The van der Waals surface area contributed by atoms with Crippen molar-refractivity contribution in [2.24, 2.45) is 0 Å². The van der Waals surface area contributed by atoms with Gasteiger partial charge in [0.2, 0.25) is 10.0 Å². The fourth-order valence-electron chi connectivity index (χ4n) is 2.23. The van der Waals surface area contributed by atoms with Gasteiger partial charge < -0.3 is 15.4 Å². The smallest absolute Gasteiger partial charge is 0.323 e. The van der Waals surface area contributed by atoms with E-state index in [1.807, 2.05) is 0 Å². The van der Waals surface area contributed by atoms with Crippen molar-refractivity contribution in [1.29, 1.82) is 0 Å². The molecule has 1 aromatic heterocycles. The van der Waals surface area contributed by atoms with Gasteiger partial charge in [-0.15, -0.1) is 0 Å². The number of hydrogen-bond donors (Lipinski definition) is 3. The molecule has 0 unspecified atom stereocenters. The lowest BCUT2D eigenvalue weighted by Crippen LogP contribution is -2.37. The number of benzene rings is 1. The zero-order valence-corrected chi connectivity index (χ0v) is 17.2. The molecule has 29 heavy (non-hydrogen) atoms. The third-order valence-electron chi connectivity index (χ3n) is 3.66. The molecule has 0 aliphatic heterocycles. The summed E-state index contributed by atoms with van der Waals surface area (Å²) in [6.45, 7) is 1.94. The van der Waals surface area contributed by atoms with Crippen molar-refractivity contribution in [2.45, 2.75) is 13.0 Å². The van der Waals surface area contributed by atoms with Crippen molar-refractivity contribution in [1.82, 2.24) is 14.6 Å². The van der Waals surface area contributed by atoms with Gasteiger partial charge in [0, 0.05) is 44.7 Å². The second-order valence-electron chi connectivity index (χ2n) is 6.42. The Morgan fingerprint density at radius 1 is 1.24 bits per heavy atom.